The van der Waals surface area contributed by atoms with Crippen LogP contribution in [-0.4, -0.2) is 19.9 Å². The Morgan fingerprint density at radius 3 is 1.52 bits per heavy atom. The van der Waals surface area contributed by atoms with Gasteiger partial charge in [-0.25, -0.2) is 19.9 Å². The fourth-order valence-corrected chi connectivity index (χ4v) is 8.85. The van der Waals surface area contributed by atoms with Crippen molar-refractivity contribution < 1.29 is 4.42 Å². The highest BCUT2D eigenvalue weighted by Crippen LogP contribution is 2.42. The van der Waals surface area contributed by atoms with Crippen molar-refractivity contribution in [3.05, 3.63) is 206 Å². The highest BCUT2D eigenvalue weighted by Gasteiger charge is 2.20. The number of aromatic nitrogens is 4. The molecule has 0 radical (unpaired) electrons. The molecule has 0 atom stereocenters. The second kappa shape index (κ2) is 14.2. The highest BCUT2D eigenvalue weighted by atomic mass is 16.3. The van der Waals surface area contributed by atoms with Gasteiger partial charge >= 0.3 is 0 Å². The lowest BCUT2D eigenvalue weighted by Crippen LogP contribution is -2.01. The van der Waals surface area contributed by atoms with Crippen molar-refractivity contribution in [3.8, 4) is 67.9 Å². The van der Waals surface area contributed by atoms with Crippen LogP contribution in [0.4, 0.5) is 0 Å². The first-order valence-electron chi connectivity index (χ1n) is 20.5. The predicted molar refractivity (Wildman–Crippen MR) is 250 cm³/mol. The molecular formula is C56H34N4O. The Balaban J connectivity index is 1.07. The molecular weight excluding hydrogens is 745 g/mol. The normalized spacial score (nSPS) is 11.6. The Hall–Kier alpha value is -8.28. The Labute approximate surface area is 351 Å². The summed E-state index contributed by atoms with van der Waals surface area (Å²) < 4.78 is 6.60. The molecule has 0 fully saturated rings. The summed E-state index contributed by atoms with van der Waals surface area (Å²) in [4.78, 5) is 20.8. The van der Waals surface area contributed by atoms with Gasteiger partial charge in [0.2, 0.25) is 5.89 Å². The average molecular weight is 779 g/mol. The molecule has 284 valence electrons. The van der Waals surface area contributed by atoms with Gasteiger partial charge in [-0.05, 0) is 96.4 Å². The number of hydrogen-bond acceptors (Lipinski definition) is 5. The molecule has 0 aliphatic carbocycles. The lowest BCUT2D eigenvalue weighted by atomic mass is 9.91. The molecule has 10 aromatic carbocycles. The van der Waals surface area contributed by atoms with Crippen molar-refractivity contribution in [2.75, 3.05) is 0 Å². The van der Waals surface area contributed by atoms with Gasteiger partial charge in [0.15, 0.2) is 23.1 Å². The highest BCUT2D eigenvalue weighted by molar-refractivity contribution is 6.16. The minimum Gasteiger partial charge on any atom is -0.435 e. The van der Waals surface area contributed by atoms with Crippen LogP contribution in [0.25, 0.3) is 122 Å². The van der Waals surface area contributed by atoms with E-state index in [4.69, 9.17) is 24.4 Å². The molecule has 0 aliphatic rings. The summed E-state index contributed by atoms with van der Waals surface area (Å²) in [5.74, 6) is 2.45. The van der Waals surface area contributed by atoms with Crippen LogP contribution in [0.2, 0.25) is 0 Å². The van der Waals surface area contributed by atoms with Crippen molar-refractivity contribution in [1.29, 1.82) is 0 Å². The molecule has 5 heteroatoms. The zero-order chi connectivity index (χ0) is 40.3. The molecule has 12 rings (SSSR count). The maximum absolute atomic E-state index is 6.60. The first kappa shape index (κ1) is 34.7. The zero-order valence-corrected chi connectivity index (χ0v) is 32.8. The zero-order valence-electron chi connectivity index (χ0n) is 32.8. The largest absolute Gasteiger partial charge is 0.435 e. The summed E-state index contributed by atoms with van der Waals surface area (Å²) in [5, 5.41) is 8.75. The van der Waals surface area contributed by atoms with E-state index in [1.54, 1.807) is 0 Å². The van der Waals surface area contributed by atoms with Crippen molar-refractivity contribution in [1.82, 2.24) is 19.9 Å². The average Bonchev–Trinajstić information content (AvgIpc) is 3.79. The molecule has 0 amide bonds. The van der Waals surface area contributed by atoms with Crippen molar-refractivity contribution in [2.45, 2.75) is 0 Å². The molecule has 0 spiro atoms. The van der Waals surface area contributed by atoms with E-state index >= 15 is 0 Å². The van der Waals surface area contributed by atoms with Crippen molar-refractivity contribution in [2.24, 2.45) is 0 Å². The maximum atomic E-state index is 6.60. The van der Waals surface area contributed by atoms with E-state index in [1.807, 2.05) is 36.4 Å². The Kier molecular flexibility index (Phi) is 8.10. The molecule has 0 saturated carbocycles. The summed E-state index contributed by atoms with van der Waals surface area (Å²) in [6, 6.07) is 71.8. The second-order valence-electron chi connectivity index (χ2n) is 15.3. The SMILES string of the molecule is c1ccc(-c2nc3ccc4cccc(-c5ccc(-c6nc(-c7ccc8ccccc8c7)nc(-c7ccc(-c8ccccc8)c8ccccc78)n6)c6ccccc56)c4c3o2)cc1. The minimum absolute atomic E-state index is 0.605. The topological polar surface area (TPSA) is 64.7 Å². The van der Waals surface area contributed by atoms with E-state index < -0.39 is 0 Å². The van der Waals surface area contributed by atoms with Crippen molar-refractivity contribution in [3.63, 3.8) is 0 Å². The molecule has 0 aliphatic heterocycles. The summed E-state index contributed by atoms with van der Waals surface area (Å²) in [6.07, 6.45) is 0. The summed E-state index contributed by atoms with van der Waals surface area (Å²) in [5.41, 5.74) is 9.82. The van der Waals surface area contributed by atoms with Gasteiger partial charge in [-0.3, -0.25) is 0 Å². The van der Waals surface area contributed by atoms with Gasteiger partial charge in [-0.2, -0.15) is 0 Å². The number of oxazole rings is 1. The minimum atomic E-state index is 0.605. The number of fused-ring (bicyclic) bond motifs is 6. The maximum Gasteiger partial charge on any atom is 0.227 e. The van der Waals surface area contributed by atoms with E-state index in [0.717, 1.165) is 98.7 Å². The number of benzene rings is 10. The molecule has 61 heavy (non-hydrogen) atoms. The second-order valence-corrected chi connectivity index (χ2v) is 15.3. The fourth-order valence-electron chi connectivity index (χ4n) is 8.85. The van der Waals surface area contributed by atoms with Gasteiger partial charge in [-0.1, -0.05) is 170 Å². The van der Waals surface area contributed by atoms with Crippen LogP contribution in [-0.2, 0) is 0 Å². The van der Waals surface area contributed by atoms with Gasteiger partial charge in [-0.15, -0.1) is 0 Å². The molecule has 12 aromatic rings. The van der Waals surface area contributed by atoms with Gasteiger partial charge in [0, 0.05) is 27.6 Å². The molecule has 0 bridgehead atoms. The van der Waals surface area contributed by atoms with Crippen LogP contribution in [0.5, 0.6) is 0 Å². The predicted octanol–water partition coefficient (Wildman–Crippen LogP) is 14.6. The fraction of sp³-hybridized carbons (Fsp3) is 0. The molecule has 0 saturated heterocycles. The van der Waals surface area contributed by atoms with Crippen LogP contribution in [0, 0.1) is 0 Å². The molecule has 2 aromatic heterocycles. The van der Waals surface area contributed by atoms with E-state index in [1.165, 1.54) is 0 Å². The van der Waals surface area contributed by atoms with E-state index in [0.29, 0.717) is 23.4 Å². The quantitative estimate of drug-likeness (QED) is 0.168. The summed E-state index contributed by atoms with van der Waals surface area (Å²) >= 11 is 0. The number of hydrogen-bond donors (Lipinski definition) is 0. The van der Waals surface area contributed by atoms with Crippen molar-refractivity contribution >= 4 is 54.2 Å². The van der Waals surface area contributed by atoms with Crippen LogP contribution in [0.15, 0.2) is 211 Å². The van der Waals surface area contributed by atoms with Crippen LogP contribution in [0.3, 0.4) is 0 Å². The third kappa shape index (κ3) is 5.94. The summed E-state index contributed by atoms with van der Waals surface area (Å²) in [7, 11) is 0. The molecule has 2 heterocycles. The standard InChI is InChI=1S/C56H34N4O/c1-3-15-36(16-4-1)41-29-31-48(44-23-11-9-21-42(41)44)54-58-53(40-27-26-35-14-7-8-19-39(35)34-40)59-55(60-54)49-32-30-46(43-22-10-12-24-45(43)49)47-25-13-20-37-28-33-50-52(51(37)47)61-56(57-50)38-17-5-2-6-18-38/h1-34H. The van der Waals surface area contributed by atoms with Crippen LogP contribution >= 0.6 is 0 Å². The first-order valence-corrected chi connectivity index (χ1v) is 20.5. The number of nitrogens with zero attached hydrogens (tertiary/aromatic N) is 4. The third-order valence-corrected chi connectivity index (χ3v) is 11.8. The monoisotopic (exact) mass is 778 g/mol. The third-order valence-electron chi connectivity index (χ3n) is 11.8. The van der Waals surface area contributed by atoms with Gasteiger partial charge in [0.1, 0.15) is 5.52 Å². The van der Waals surface area contributed by atoms with Crippen LogP contribution < -0.4 is 0 Å². The number of rotatable bonds is 6. The van der Waals surface area contributed by atoms with Gasteiger partial charge in [0.05, 0.1) is 0 Å². The summed E-state index contributed by atoms with van der Waals surface area (Å²) in [6.45, 7) is 0. The molecule has 0 unspecified atom stereocenters. The van der Waals surface area contributed by atoms with Crippen LogP contribution in [0.1, 0.15) is 0 Å². The molecule has 5 nitrogen and oxygen atoms in total. The van der Waals surface area contributed by atoms with E-state index in [-0.39, 0.29) is 0 Å². The van der Waals surface area contributed by atoms with Gasteiger partial charge < -0.3 is 4.42 Å². The lowest BCUT2D eigenvalue weighted by molar-refractivity contribution is 0.623. The Morgan fingerprint density at radius 1 is 0.295 bits per heavy atom. The molecule has 0 N–H and O–H groups in total. The smallest absolute Gasteiger partial charge is 0.227 e. The van der Waals surface area contributed by atoms with E-state index in [9.17, 15) is 0 Å². The lowest BCUT2D eigenvalue weighted by Gasteiger charge is -2.15. The first-order chi connectivity index (χ1) is 30.2. The Bertz CT molecular complexity index is 3650. The Morgan fingerprint density at radius 2 is 0.820 bits per heavy atom. The van der Waals surface area contributed by atoms with Gasteiger partial charge in [0.25, 0.3) is 0 Å². The van der Waals surface area contributed by atoms with E-state index in [2.05, 4.69) is 170 Å².